The van der Waals surface area contributed by atoms with Gasteiger partial charge in [-0.15, -0.1) is 0 Å². The number of likely N-dealkylation sites (tertiary alicyclic amines) is 1. The molecule has 0 saturated carbocycles. The molecule has 194 valence electrons. The van der Waals surface area contributed by atoms with Gasteiger partial charge in [0.1, 0.15) is 11.6 Å². The average molecular weight is 491 g/mol. The zero-order chi connectivity index (χ0) is 25.3. The summed E-state index contributed by atoms with van der Waals surface area (Å²) in [4.78, 5) is 23.1. The van der Waals surface area contributed by atoms with Crippen molar-refractivity contribution in [1.82, 2.24) is 19.4 Å². The molecule has 6 heteroatoms. The van der Waals surface area contributed by atoms with E-state index in [2.05, 4.69) is 58.5 Å². The molecule has 0 bridgehead atoms. The molecule has 1 aromatic heterocycles. The highest BCUT2D eigenvalue weighted by Crippen LogP contribution is 2.24. The molecule has 1 aliphatic rings. The van der Waals surface area contributed by atoms with Crippen molar-refractivity contribution in [3.05, 3.63) is 59.9 Å². The molecule has 1 fully saturated rings. The molecular weight excluding hydrogens is 448 g/mol. The minimum Gasteiger partial charge on any atom is -0.497 e. The van der Waals surface area contributed by atoms with E-state index in [0.29, 0.717) is 5.91 Å². The number of methoxy groups -OCH3 is 1. The Balaban J connectivity index is 1.50. The molecule has 2 heterocycles. The van der Waals surface area contributed by atoms with E-state index in [-0.39, 0.29) is 5.92 Å². The summed E-state index contributed by atoms with van der Waals surface area (Å²) in [6.07, 6.45) is 6.47. The number of imidazole rings is 1. The van der Waals surface area contributed by atoms with Gasteiger partial charge in [0, 0.05) is 26.2 Å². The van der Waals surface area contributed by atoms with E-state index < -0.39 is 0 Å². The zero-order valence-electron chi connectivity index (χ0n) is 22.3. The number of nitrogens with zero attached hydrogens (tertiary/aromatic N) is 4. The fourth-order valence-electron chi connectivity index (χ4n) is 5.23. The van der Waals surface area contributed by atoms with Crippen LogP contribution >= 0.6 is 0 Å². The van der Waals surface area contributed by atoms with Crippen LogP contribution in [0, 0.1) is 5.92 Å². The van der Waals surface area contributed by atoms with Gasteiger partial charge in [-0.25, -0.2) is 4.98 Å². The van der Waals surface area contributed by atoms with Gasteiger partial charge in [-0.3, -0.25) is 9.69 Å². The lowest BCUT2D eigenvalue weighted by molar-refractivity contribution is -0.137. The first kappa shape index (κ1) is 26.2. The van der Waals surface area contributed by atoms with Crippen LogP contribution in [0.1, 0.15) is 63.8 Å². The SMILES string of the molecule is CCCCN(CCCC)C(=O)[C@@H]1CCCN(Cc2nc3ccccc3n2Cc2ccc(OC)cc2)C1. The van der Waals surface area contributed by atoms with E-state index in [1.54, 1.807) is 7.11 Å². The number of unbranched alkanes of at least 4 members (excludes halogenated alkanes) is 2. The van der Waals surface area contributed by atoms with Gasteiger partial charge in [-0.1, -0.05) is 51.0 Å². The van der Waals surface area contributed by atoms with Crippen LogP contribution < -0.4 is 4.74 Å². The third-order valence-corrected chi connectivity index (χ3v) is 7.33. The molecular formula is C30H42N4O2. The predicted molar refractivity (Wildman–Crippen MR) is 146 cm³/mol. The van der Waals surface area contributed by atoms with Crippen molar-refractivity contribution in [2.24, 2.45) is 5.92 Å². The average Bonchev–Trinajstić information content (AvgIpc) is 3.25. The molecule has 1 saturated heterocycles. The highest BCUT2D eigenvalue weighted by Gasteiger charge is 2.29. The molecule has 36 heavy (non-hydrogen) atoms. The number of hydrogen-bond donors (Lipinski definition) is 0. The van der Waals surface area contributed by atoms with Crippen molar-refractivity contribution in [3.63, 3.8) is 0 Å². The minimum atomic E-state index is 0.0897. The van der Waals surface area contributed by atoms with E-state index in [4.69, 9.17) is 9.72 Å². The van der Waals surface area contributed by atoms with E-state index in [9.17, 15) is 4.79 Å². The molecule has 0 unspecified atom stereocenters. The van der Waals surface area contributed by atoms with Crippen molar-refractivity contribution in [1.29, 1.82) is 0 Å². The number of amides is 1. The number of para-hydroxylation sites is 2. The standard InChI is InChI=1S/C30H42N4O2/c1-4-6-19-33(20-7-5-2)30(35)25-11-10-18-32(22-25)23-29-31-27-12-8-9-13-28(27)34(29)21-24-14-16-26(36-3)17-15-24/h8-9,12-17,25H,4-7,10-11,18-23H2,1-3H3/t25-/m1/s1. The van der Waals surface area contributed by atoms with Gasteiger partial charge in [0.2, 0.25) is 5.91 Å². The maximum Gasteiger partial charge on any atom is 0.226 e. The minimum absolute atomic E-state index is 0.0897. The number of carbonyl (C=O) groups excluding carboxylic acids is 1. The molecule has 0 radical (unpaired) electrons. The molecule has 4 rings (SSSR count). The lowest BCUT2D eigenvalue weighted by atomic mass is 9.96. The first-order valence-corrected chi connectivity index (χ1v) is 13.7. The van der Waals surface area contributed by atoms with Crippen molar-refractivity contribution in [2.45, 2.75) is 65.5 Å². The predicted octanol–water partition coefficient (Wildman–Crippen LogP) is 5.73. The van der Waals surface area contributed by atoms with Crippen LogP contribution in [0.2, 0.25) is 0 Å². The summed E-state index contributed by atoms with van der Waals surface area (Å²) in [5.74, 6) is 2.37. The molecule has 1 amide bonds. The van der Waals surface area contributed by atoms with Crippen LogP contribution in [0.15, 0.2) is 48.5 Å². The molecule has 3 aromatic rings. The van der Waals surface area contributed by atoms with Crippen LogP contribution in [0.25, 0.3) is 11.0 Å². The van der Waals surface area contributed by atoms with E-state index in [0.717, 1.165) is 100 Å². The summed E-state index contributed by atoms with van der Waals surface area (Å²) in [5, 5.41) is 0. The summed E-state index contributed by atoms with van der Waals surface area (Å²) < 4.78 is 7.66. The van der Waals surface area contributed by atoms with Gasteiger partial charge in [0.15, 0.2) is 0 Å². The second-order valence-electron chi connectivity index (χ2n) is 10.1. The lowest BCUT2D eigenvalue weighted by Gasteiger charge is -2.35. The lowest BCUT2D eigenvalue weighted by Crippen LogP contribution is -2.45. The fourth-order valence-corrected chi connectivity index (χ4v) is 5.23. The molecule has 1 aliphatic heterocycles. The van der Waals surface area contributed by atoms with Crippen molar-refractivity contribution in [3.8, 4) is 5.75 Å². The van der Waals surface area contributed by atoms with Crippen LogP contribution in [0.3, 0.4) is 0 Å². The van der Waals surface area contributed by atoms with E-state index in [1.165, 1.54) is 5.56 Å². The second-order valence-corrected chi connectivity index (χ2v) is 10.1. The van der Waals surface area contributed by atoms with Crippen LogP contribution in [-0.4, -0.2) is 58.5 Å². The Morgan fingerprint density at radius 2 is 1.75 bits per heavy atom. The smallest absolute Gasteiger partial charge is 0.226 e. The topological polar surface area (TPSA) is 50.6 Å². The zero-order valence-corrected chi connectivity index (χ0v) is 22.3. The second kappa shape index (κ2) is 12.9. The number of hydrogen-bond acceptors (Lipinski definition) is 4. The number of ether oxygens (including phenoxy) is 1. The Bertz CT molecular complexity index is 1100. The molecule has 2 aromatic carbocycles. The molecule has 6 nitrogen and oxygen atoms in total. The van der Waals surface area contributed by atoms with Gasteiger partial charge in [0.25, 0.3) is 0 Å². The molecule has 0 N–H and O–H groups in total. The number of carbonyl (C=O) groups is 1. The Kier molecular flexibility index (Phi) is 9.40. The number of rotatable bonds is 12. The van der Waals surface area contributed by atoms with Crippen molar-refractivity contribution in [2.75, 3.05) is 33.3 Å². The first-order chi connectivity index (χ1) is 17.6. The maximum atomic E-state index is 13.5. The van der Waals surface area contributed by atoms with Crippen molar-refractivity contribution < 1.29 is 9.53 Å². The van der Waals surface area contributed by atoms with E-state index in [1.807, 2.05) is 18.2 Å². The number of aromatic nitrogens is 2. The van der Waals surface area contributed by atoms with Gasteiger partial charge in [-0.2, -0.15) is 0 Å². The number of piperidine rings is 1. The van der Waals surface area contributed by atoms with E-state index >= 15 is 0 Å². The maximum absolute atomic E-state index is 13.5. The third kappa shape index (κ3) is 6.47. The first-order valence-electron chi connectivity index (χ1n) is 13.7. The van der Waals surface area contributed by atoms with Crippen LogP contribution in [0.5, 0.6) is 5.75 Å². The number of fused-ring (bicyclic) bond motifs is 1. The van der Waals surface area contributed by atoms with Gasteiger partial charge < -0.3 is 14.2 Å². The summed E-state index contributed by atoms with van der Waals surface area (Å²) in [7, 11) is 1.69. The van der Waals surface area contributed by atoms with Gasteiger partial charge in [0.05, 0.1) is 30.6 Å². The third-order valence-electron chi connectivity index (χ3n) is 7.33. The van der Waals surface area contributed by atoms with Crippen molar-refractivity contribution >= 4 is 16.9 Å². The van der Waals surface area contributed by atoms with Gasteiger partial charge in [-0.05, 0) is 62.1 Å². The molecule has 0 aliphatic carbocycles. The summed E-state index contributed by atoms with van der Waals surface area (Å²) in [5.41, 5.74) is 3.39. The largest absolute Gasteiger partial charge is 0.497 e. The Morgan fingerprint density at radius 3 is 2.44 bits per heavy atom. The van der Waals surface area contributed by atoms with Crippen LogP contribution in [0.4, 0.5) is 0 Å². The Hall–Kier alpha value is -2.86. The van der Waals surface area contributed by atoms with Crippen LogP contribution in [-0.2, 0) is 17.9 Å². The normalized spacial score (nSPS) is 16.4. The quantitative estimate of drug-likeness (QED) is 0.325. The molecule has 0 spiro atoms. The van der Waals surface area contributed by atoms with Gasteiger partial charge >= 0.3 is 0 Å². The fraction of sp³-hybridized carbons (Fsp3) is 0.533. The summed E-state index contributed by atoms with van der Waals surface area (Å²) in [6, 6.07) is 16.6. The summed E-state index contributed by atoms with van der Waals surface area (Å²) in [6.45, 7) is 9.54. The highest BCUT2D eigenvalue weighted by atomic mass is 16.5. The summed E-state index contributed by atoms with van der Waals surface area (Å²) >= 11 is 0. The number of benzene rings is 2. The Labute approximate surface area is 216 Å². The highest BCUT2D eigenvalue weighted by molar-refractivity contribution is 5.79. The monoisotopic (exact) mass is 490 g/mol. The molecule has 1 atom stereocenters. The Morgan fingerprint density at radius 1 is 1.03 bits per heavy atom.